The van der Waals surface area contributed by atoms with Gasteiger partial charge in [0, 0.05) is 24.7 Å². The second-order valence-electron chi connectivity index (χ2n) is 6.34. The molecule has 0 aliphatic carbocycles. The van der Waals surface area contributed by atoms with Crippen LogP contribution in [-0.2, 0) is 24.4 Å². The number of aryl methyl sites for hydroxylation is 2. The fourth-order valence-corrected chi connectivity index (χ4v) is 3.34. The summed E-state index contributed by atoms with van der Waals surface area (Å²) in [5, 5.41) is 5.76. The molecule has 4 rings (SSSR count). The van der Waals surface area contributed by atoms with Gasteiger partial charge in [0.2, 0.25) is 5.91 Å². The molecule has 0 spiro atoms. The maximum absolute atomic E-state index is 12.7. The van der Waals surface area contributed by atoms with E-state index in [9.17, 15) is 9.59 Å². The Labute approximate surface area is 144 Å². The Morgan fingerprint density at radius 3 is 2.84 bits per heavy atom. The average Bonchev–Trinajstić information content (AvgIpc) is 2.96. The molecule has 0 radical (unpaired) electrons. The van der Waals surface area contributed by atoms with Gasteiger partial charge in [-0.1, -0.05) is 18.2 Å². The number of carbonyl (C=O) groups is 1. The summed E-state index contributed by atoms with van der Waals surface area (Å²) in [6, 6.07) is 7.36. The molecule has 0 saturated carbocycles. The highest BCUT2D eigenvalue weighted by Crippen LogP contribution is 2.14. The molecule has 1 aromatic carbocycles. The second kappa shape index (κ2) is 6.16. The molecule has 25 heavy (non-hydrogen) atoms. The SMILES string of the molecule is Cc1nn(CC(=O)N2CCCn3cncc3C2)c(=O)c2ccccc12. The van der Waals surface area contributed by atoms with Crippen LogP contribution < -0.4 is 5.56 Å². The first kappa shape index (κ1) is 15.6. The Morgan fingerprint density at radius 1 is 1.20 bits per heavy atom. The van der Waals surface area contributed by atoms with Crippen molar-refractivity contribution in [2.24, 2.45) is 0 Å². The molecular weight excluding hydrogens is 318 g/mol. The van der Waals surface area contributed by atoms with Gasteiger partial charge in [-0.05, 0) is 19.4 Å². The summed E-state index contributed by atoms with van der Waals surface area (Å²) in [6.45, 7) is 3.85. The third kappa shape index (κ3) is 2.82. The van der Waals surface area contributed by atoms with Gasteiger partial charge in [0.05, 0.1) is 29.6 Å². The quantitative estimate of drug-likeness (QED) is 0.707. The largest absolute Gasteiger partial charge is 0.335 e. The van der Waals surface area contributed by atoms with E-state index in [4.69, 9.17) is 0 Å². The Kier molecular flexibility index (Phi) is 3.83. The van der Waals surface area contributed by atoms with Crippen LogP contribution in [0, 0.1) is 6.92 Å². The fourth-order valence-electron chi connectivity index (χ4n) is 3.34. The van der Waals surface area contributed by atoms with Crippen LogP contribution in [-0.4, -0.2) is 36.7 Å². The number of aromatic nitrogens is 4. The molecule has 3 aromatic rings. The number of imidazole rings is 1. The molecule has 0 atom stereocenters. The van der Waals surface area contributed by atoms with E-state index in [2.05, 4.69) is 14.6 Å². The van der Waals surface area contributed by atoms with Crippen molar-refractivity contribution in [2.45, 2.75) is 33.0 Å². The third-order valence-corrected chi connectivity index (χ3v) is 4.67. The van der Waals surface area contributed by atoms with Gasteiger partial charge in [0.25, 0.3) is 5.56 Å². The minimum Gasteiger partial charge on any atom is -0.335 e. The molecule has 0 N–H and O–H groups in total. The van der Waals surface area contributed by atoms with Crippen LogP contribution in [0.15, 0.2) is 41.6 Å². The molecule has 7 heteroatoms. The maximum Gasteiger partial charge on any atom is 0.275 e. The van der Waals surface area contributed by atoms with E-state index in [1.165, 1.54) is 4.68 Å². The molecule has 0 saturated heterocycles. The molecule has 2 aromatic heterocycles. The zero-order valence-electron chi connectivity index (χ0n) is 14.1. The summed E-state index contributed by atoms with van der Waals surface area (Å²) in [7, 11) is 0. The molecule has 1 aliphatic rings. The lowest BCUT2D eigenvalue weighted by Crippen LogP contribution is -2.37. The second-order valence-corrected chi connectivity index (χ2v) is 6.34. The van der Waals surface area contributed by atoms with Crippen LogP contribution >= 0.6 is 0 Å². The number of hydrogen-bond donors (Lipinski definition) is 0. The highest BCUT2D eigenvalue weighted by Gasteiger charge is 2.20. The van der Waals surface area contributed by atoms with E-state index in [1.54, 1.807) is 23.5 Å². The molecule has 128 valence electrons. The minimum absolute atomic E-state index is 0.0430. The average molecular weight is 337 g/mol. The smallest absolute Gasteiger partial charge is 0.275 e. The molecule has 0 fully saturated rings. The number of rotatable bonds is 2. The molecule has 1 aliphatic heterocycles. The number of fused-ring (bicyclic) bond motifs is 2. The van der Waals surface area contributed by atoms with Crippen molar-refractivity contribution in [3.63, 3.8) is 0 Å². The van der Waals surface area contributed by atoms with Crippen LogP contribution in [0.2, 0.25) is 0 Å². The van der Waals surface area contributed by atoms with E-state index >= 15 is 0 Å². The lowest BCUT2D eigenvalue weighted by molar-refractivity contribution is -0.132. The van der Waals surface area contributed by atoms with Gasteiger partial charge in [-0.25, -0.2) is 9.67 Å². The molecule has 0 bridgehead atoms. The predicted octanol–water partition coefficient (Wildman–Crippen LogP) is 1.33. The van der Waals surface area contributed by atoms with E-state index in [0.29, 0.717) is 18.5 Å². The molecule has 3 heterocycles. The van der Waals surface area contributed by atoms with Crippen molar-refractivity contribution >= 4 is 16.7 Å². The summed E-state index contributed by atoms with van der Waals surface area (Å²) in [6.07, 6.45) is 4.45. The molecule has 7 nitrogen and oxygen atoms in total. The van der Waals surface area contributed by atoms with E-state index in [1.807, 2.05) is 25.1 Å². The number of hydrogen-bond acceptors (Lipinski definition) is 4. The van der Waals surface area contributed by atoms with E-state index in [-0.39, 0.29) is 18.0 Å². The van der Waals surface area contributed by atoms with Gasteiger partial charge >= 0.3 is 0 Å². The van der Waals surface area contributed by atoms with Crippen molar-refractivity contribution < 1.29 is 4.79 Å². The first-order valence-electron chi connectivity index (χ1n) is 8.37. The van der Waals surface area contributed by atoms with Crippen molar-refractivity contribution in [2.75, 3.05) is 6.54 Å². The van der Waals surface area contributed by atoms with E-state index < -0.39 is 0 Å². The zero-order valence-corrected chi connectivity index (χ0v) is 14.1. The van der Waals surface area contributed by atoms with Crippen molar-refractivity contribution in [3.05, 3.63) is 58.5 Å². The highest BCUT2D eigenvalue weighted by atomic mass is 16.2. The predicted molar refractivity (Wildman–Crippen MR) is 93.0 cm³/mol. The fraction of sp³-hybridized carbons (Fsp3) is 0.333. The first-order valence-corrected chi connectivity index (χ1v) is 8.37. The van der Waals surface area contributed by atoms with Gasteiger partial charge in [-0.3, -0.25) is 9.59 Å². The summed E-state index contributed by atoms with van der Waals surface area (Å²) in [4.78, 5) is 31.3. The van der Waals surface area contributed by atoms with Crippen LogP contribution in [0.25, 0.3) is 10.8 Å². The summed E-state index contributed by atoms with van der Waals surface area (Å²) < 4.78 is 3.35. The summed E-state index contributed by atoms with van der Waals surface area (Å²) >= 11 is 0. The number of benzene rings is 1. The van der Waals surface area contributed by atoms with Gasteiger partial charge in [-0.2, -0.15) is 5.10 Å². The third-order valence-electron chi connectivity index (χ3n) is 4.67. The van der Waals surface area contributed by atoms with Crippen LogP contribution in [0.1, 0.15) is 17.8 Å². The van der Waals surface area contributed by atoms with Crippen molar-refractivity contribution in [3.8, 4) is 0 Å². The van der Waals surface area contributed by atoms with Gasteiger partial charge in [0.1, 0.15) is 6.54 Å². The Balaban J connectivity index is 1.62. The highest BCUT2D eigenvalue weighted by molar-refractivity contribution is 5.83. The molecule has 1 amide bonds. The van der Waals surface area contributed by atoms with Gasteiger partial charge in [0.15, 0.2) is 0 Å². The standard InChI is InChI=1S/C18H19N5O2/c1-13-15-5-2-3-6-16(15)18(25)23(20-13)11-17(24)21-7-4-8-22-12-19-9-14(22)10-21/h2-3,5-6,9,12H,4,7-8,10-11H2,1H3. The first-order chi connectivity index (χ1) is 12.1. The zero-order chi connectivity index (χ0) is 17.4. The Bertz CT molecular complexity index is 1000. The summed E-state index contributed by atoms with van der Waals surface area (Å²) in [5.74, 6) is -0.0982. The van der Waals surface area contributed by atoms with Crippen molar-refractivity contribution in [1.82, 2.24) is 24.2 Å². The van der Waals surface area contributed by atoms with Crippen molar-refractivity contribution in [1.29, 1.82) is 0 Å². The molecular formula is C18H19N5O2. The lowest BCUT2D eigenvalue weighted by Gasteiger charge is -2.20. The van der Waals surface area contributed by atoms with E-state index in [0.717, 1.165) is 29.7 Å². The lowest BCUT2D eigenvalue weighted by atomic mass is 10.1. The summed E-state index contributed by atoms with van der Waals surface area (Å²) in [5.41, 5.74) is 1.53. The van der Waals surface area contributed by atoms with Crippen LogP contribution in [0.3, 0.4) is 0 Å². The number of amides is 1. The van der Waals surface area contributed by atoms with Gasteiger partial charge in [-0.15, -0.1) is 0 Å². The van der Waals surface area contributed by atoms with Gasteiger partial charge < -0.3 is 9.47 Å². The maximum atomic E-state index is 12.7. The Hall–Kier alpha value is -2.96. The topological polar surface area (TPSA) is 73.0 Å². The number of nitrogens with zero attached hydrogens (tertiary/aromatic N) is 5. The minimum atomic E-state index is -0.227. The number of carbonyl (C=O) groups excluding carboxylic acids is 1. The monoisotopic (exact) mass is 337 g/mol. The normalized spacial score (nSPS) is 14.4. The Morgan fingerprint density at radius 2 is 2.00 bits per heavy atom. The van der Waals surface area contributed by atoms with Crippen LogP contribution in [0.4, 0.5) is 0 Å². The van der Waals surface area contributed by atoms with Crippen LogP contribution in [0.5, 0.6) is 0 Å². The molecule has 0 unspecified atom stereocenters.